The number of ether oxygens (including phenoxy) is 3. The van der Waals surface area contributed by atoms with E-state index in [1.54, 1.807) is 43.5 Å². The van der Waals surface area contributed by atoms with E-state index >= 15 is 0 Å². The quantitative estimate of drug-likeness (QED) is 0.486. The Bertz CT molecular complexity index is 945. The van der Waals surface area contributed by atoms with Gasteiger partial charge < -0.3 is 14.2 Å². The summed E-state index contributed by atoms with van der Waals surface area (Å²) in [6.45, 7) is 0. The van der Waals surface area contributed by atoms with E-state index < -0.39 is 0 Å². The minimum atomic E-state index is -0.369. The summed E-state index contributed by atoms with van der Waals surface area (Å²) in [6.07, 6.45) is 2.92. The maximum atomic E-state index is 12.3. The van der Waals surface area contributed by atoms with Crippen LogP contribution in [0.25, 0.3) is 5.69 Å². The van der Waals surface area contributed by atoms with Crippen molar-refractivity contribution in [2.24, 2.45) is 5.10 Å². The highest BCUT2D eigenvalue weighted by Crippen LogP contribution is 2.32. The highest BCUT2D eigenvalue weighted by molar-refractivity contribution is 5.95. The molecule has 0 unspecified atom stereocenters. The molecule has 0 saturated carbocycles. The average molecular weight is 382 g/mol. The molecule has 2 aromatic carbocycles. The van der Waals surface area contributed by atoms with E-state index in [-0.39, 0.29) is 5.91 Å². The number of nitrogens with zero attached hydrogens (tertiary/aromatic N) is 5. The summed E-state index contributed by atoms with van der Waals surface area (Å²) >= 11 is 0. The van der Waals surface area contributed by atoms with Gasteiger partial charge >= 0.3 is 0 Å². The number of benzene rings is 2. The molecule has 28 heavy (non-hydrogen) atoms. The van der Waals surface area contributed by atoms with Crippen LogP contribution in [-0.2, 0) is 0 Å². The number of carbonyl (C=O) groups is 1. The molecule has 3 rings (SSSR count). The van der Waals surface area contributed by atoms with Gasteiger partial charge in [0.25, 0.3) is 5.91 Å². The molecule has 0 spiro atoms. The summed E-state index contributed by atoms with van der Waals surface area (Å²) in [7, 11) is 4.60. The Morgan fingerprint density at radius 1 is 1.07 bits per heavy atom. The lowest BCUT2D eigenvalue weighted by molar-refractivity contribution is 0.0955. The number of rotatable bonds is 7. The van der Waals surface area contributed by atoms with Crippen LogP contribution in [-0.4, -0.2) is 53.7 Å². The molecule has 144 valence electrons. The second-order valence-corrected chi connectivity index (χ2v) is 5.45. The van der Waals surface area contributed by atoms with Crippen LogP contribution in [0, 0.1) is 0 Å². The topological polar surface area (TPSA) is 113 Å². The number of aromatic nitrogens is 4. The number of amides is 1. The number of tetrazole rings is 1. The van der Waals surface area contributed by atoms with E-state index in [1.165, 1.54) is 31.4 Å². The van der Waals surface area contributed by atoms with Gasteiger partial charge in [0.2, 0.25) is 0 Å². The van der Waals surface area contributed by atoms with Crippen LogP contribution in [0.2, 0.25) is 0 Å². The Kier molecular flexibility index (Phi) is 5.80. The molecule has 0 saturated heterocycles. The number of methoxy groups -OCH3 is 3. The molecule has 0 aliphatic heterocycles. The Morgan fingerprint density at radius 2 is 1.75 bits per heavy atom. The molecule has 1 amide bonds. The summed E-state index contributed by atoms with van der Waals surface area (Å²) < 4.78 is 17.4. The van der Waals surface area contributed by atoms with Crippen LogP contribution in [0.15, 0.2) is 47.8 Å². The Morgan fingerprint density at radius 3 is 2.29 bits per heavy atom. The van der Waals surface area contributed by atoms with Crippen molar-refractivity contribution in [1.82, 2.24) is 25.6 Å². The van der Waals surface area contributed by atoms with E-state index in [2.05, 4.69) is 26.1 Å². The molecule has 3 aromatic rings. The number of hydrogen-bond acceptors (Lipinski definition) is 8. The minimum absolute atomic E-state index is 0.369. The Balaban J connectivity index is 1.73. The molecular weight excluding hydrogens is 364 g/mol. The van der Waals surface area contributed by atoms with Crippen LogP contribution in [0.1, 0.15) is 15.9 Å². The van der Waals surface area contributed by atoms with Crippen LogP contribution in [0.5, 0.6) is 17.2 Å². The summed E-state index contributed by atoms with van der Waals surface area (Å²) in [5.74, 6) is 1.21. The molecular formula is C18H18N6O4. The van der Waals surface area contributed by atoms with Crippen molar-refractivity contribution in [2.45, 2.75) is 0 Å². The van der Waals surface area contributed by atoms with Crippen molar-refractivity contribution in [3.63, 3.8) is 0 Å². The SMILES string of the molecule is COc1cc(OC)c(/C=N/NC(=O)c2ccc(-n3cnnn3)cc2)c(OC)c1. The van der Waals surface area contributed by atoms with E-state index in [9.17, 15) is 4.79 Å². The summed E-state index contributed by atoms with van der Waals surface area (Å²) in [5.41, 5.74) is 4.21. The monoisotopic (exact) mass is 382 g/mol. The predicted molar refractivity (Wildman–Crippen MR) is 100 cm³/mol. The zero-order chi connectivity index (χ0) is 19.9. The molecule has 10 heteroatoms. The van der Waals surface area contributed by atoms with Gasteiger partial charge in [0, 0.05) is 17.7 Å². The van der Waals surface area contributed by atoms with Gasteiger partial charge in [-0.3, -0.25) is 4.79 Å². The number of carbonyl (C=O) groups excluding carboxylic acids is 1. The van der Waals surface area contributed by atoms with Crippen LogP contribution in [0.3, 0.4) is 0 Å². The van der Waals surface area contributed by atoms with Gasteiger partial charge in [-0.05, 0) is 34.7 Å². The van der Waals surface area contributed by atoms with Gasteiger partial charge in [-0.25, -0.2) is 10.1 Å². The molecule has 1 heterocycles. The van der Waals surface area contributed by atoms with Crippen molar-refractivity contribution in [3.8, 4) is 22.9 Å². The van der Waals surface area contributed by atoms with Crippen molar-refractivity contribution in [3.05, 3.63) is 53.9 Å². The fraction of sp³-hybridized carbons (Fsp3) is 0.167. The van der Waals surface area contributed by atoms with Crippen LogP contribution < -0.4 is 19.6 Å². The number of hydrogen-bond donors (Lipinski definition) is 1. The zero-order valence-corrected chi connectivity index (χ0v) is 15.5. The van der Waals surface area contributed by atoms with Gasteiger partial charge in [-0.2, -0.15) is 5.10 Å². The highest BCUT2D eigenvalue weighted by Gasteiger charge is 2.12. The average Bonchev–Trinajstić information content (AvgIpc) is 3.28. The Hall–Kier alpha value is -3.95. The predicted octanol–water partition coefficient (Wildman–Crippen LogP) is 1.45. The maximum Gasteiger partial charge on any atom is 0.271 e. The fourth-order valence-corrected chi connectivity index (χ4v) is 2.42. The second kappa shape index (κ2) is 8.62. The molecule has 0 radical (unpaired) electrons. The lowest BCUT2D eigenvalue weighted by atomic mass is 10.2. The molecule has 0 bridgehead atoms. The van der Waals surface area contributed by atoms with Gasteiger partial charge in [0.05, 0.1) is 38.8 Å². The first-order valence-electron chi connectivity index (χ1n) is 8.13. The van der Waals surface area contributed by atoms with Crippen molar-refractivity contribution in [1.29, 1.82) is 0 Å². The lowest BCUT2D eigenvalue weighted by Gasteiger charge is -2.12. The molecule has 1 N–H and O–H groups in total. The van der Waals surface area contributed by atoms with Crippen molar-refractivity contribution >= 4 is 12.1 Å². The maximum absolute atomic E-state index is 12.3. The highest BCUT2D eigenvalue weighted by atomic mass is 16.5. The van der Waals surface area contributed by atoms with E-state index in [0.29, 0.717) is 28.4 Å². The molecule has 0 aliphatic carbocycles. The van der Waals surface area contributed by atoms with Gasteiger partial charge in [0.15, 0.2) is 0 Å². The van der Waals surface area contributed by atoms with Crippen molar-refractivity contribution in [2.75, 3.05) is 21.3 Å². The van der Waals surface area contributed by atoms with Crippen molar-refractivity contribution < 1.29 is 19.0 Å². The third-order valence-corrected chi connectivity index (χ3v) is 3.86. The molecule has 10 nitrogen and oxygen atoms in total. The molecule has 0 aliphatic rings. The summed E-state index contributed by atoms with van der Waals surface area (Å²) in [6, 6.07) is 10.1. The first-order chi connectivity index (χ1) is 13.7. The van der Waals surface area contributed by atoms with E-state index in [0.717, 1.165) is 5.69 Å². The third-order valence-electron chi connectivity index (χ3n) is 3.86. The minimum Gasteiger partial charge on any atom is -0.496 e. The number of hydrazone groups is 1. The largest absolute Gasteiger partial charge is 0.496 e. The molecule has 1 aromatic heterocycles. The second-order valence-electron chi connectivity index (χ2n) is 5.45. The van der Waals surface area contributed by atoms with Gasteiger partial charge in [-0.15, -0.1) is 5.10 Å². The Labute approximate surface area is 160 Å². The van der Waals surface area contributed by atoms with Crippen LogP contribution >= 0.6 is 0 Å². The molecule has 0 atom stereocenters. The third kappa shape index (κ3) is 4.06. The van der Waals surface area contributed by atoms with E-state index in [4.69, 9.17) is 14.2 Å². The first-order valence-corrected chi connectivity index (χ1v) is 8.13. The van der Waals surface area contributed by atoms with E-state index in [1.807, 2.05) is 0 Å². The lowest BCUT2D eigenvalue weighted by Crippen LogP contribution is -2.17. The zero-order valence-electron chi connectivity index (χ0n) is 15.5. The van der Waals surface area contributed by atoms with Crippen LogP contribution in [0.4, 0.5) is 0 Å². The number of nitrogens with one attached hydrogen (secondary N) is 1. The summed E-state index contributed by atoms with van der Waals surface area (Å²) in [5, 5.41) is 14.9. The standard InChI is InChI=1S/C18H18N6O4/c1-26-14-8-16(27-2)15(17(9-14)28-3)10-19-21-18(25)12-4-6-13(7-5-12)24-11-20-22-23-24/h4-11H,1-3H3,(H,21,25)/b19-10+. The first kappa shape index (κ1) is 18.8. The smallest absolute Gasteiger partial charge is 0.271 e. The fourth-order valence-electron chi connectivity index (χ4n) is 2.42. The summed E-state index contributed by atoms with van der Waals surface area (Å²) in [4.78, 5) is 12.3. The normalized spacial score (nSPS) is 10.7. The van der Waals surface area contributed by atoms with Gasteiger partial charge in [0.1, 0.15) is 23.6 Å². The van der Waals surface area contributed by atoms with Gasteiger partial charge in [-0.1, -0.05) is 0 Å². The molecule has 0 fully saturated rings.